The molecule has 3 atom stereocenters. The molecule has 0 heterocycles. The van der Waals surface area contributed by atoms with Gasteiger partial charge in [-0.1, -0.05) is 18.2 Å². The van der Waals surface area contributed by atoms with Crippen LogP contribution in [0, 0.1) is 24.7 Å². The van der Waals surface area contributed by atoms with Crippen LogP contribution in [0.1, 0.15) is 18.4 Å². The summed E-state index contributed by atoms with van der Waals surface area (Å²) < 4.78 is 25.3. The van der Waals surface area contributed by atoms with Gasteiger partial charge >= 0.3 is 0 Å². The Labute approximate surface area is 126 Å². The van der Waals surface area contributed by atoms with E-state index in [-0.39, 0.29) is 0 Å². The molecular formula is C16H22N2O2S. The highest BCUT2D eigenvalue weighted by molar-refractivity contribution is 7.92. The molecule has 0 unspecified atom stereocenters. The molecule has 2 bridgehead atoms. The second-order valence-electron chi connectivity index (χ2n) is 6.33. The fourth-order valence-corrected chi connectivity index (χ4v) is 4.04. The molecule has 2 N–H and O–H groups in total. The Hall–Kier alpha value is -1.49. The van der Waals surface area contributed by atoms with Gasteiger partial charge in [0.1, 0.15) is 0 Å². The van der Waals surface area contributed by atoms with E-state index in [0.29, 0.717) is 11.6 Å². The lowest BCUT2D eigenvalue weighted by Crippen LogP contribution is -2.18. The second kappa shape index (κ2) is 5.37. The average Bonchev–Trinajstić information content (AvgIpc) is 3.00. The van der Waals surface area contributed by atoms with Crippen LogP contribution >= 0.6 is 0 Å². The Bertz CT molecular complexity index is 667. The number of nitrogens with one attached hydrogen (secondary N) is 2. The van der Waals surface area contributed by atoms with E-state index < -0.39 is 10.0 Å². The maximum atomic E-state index is 11.4. The summed E-state index contributed by atoms with van der Waals surface area (Å²) in [5.74, 6) is 2.21. The van der Waals surface area contributed by atoms with E-state index in [0.717, 1.165) is 29.6 Å². The van der Waals surface area contributed by atoms with E-state index in [4.69, 9.17) is 0 Å². The largest absolute Gasteiger partial charge is 0.385 e. The number of aryl methyl sites for hydroxylation is 1. The molecule has 1 fully saturated rings. The first-order valence-corrected chi connectivity index (χ1v) is 9.30. The summed E-state index contributed by atoms with van der Waals surface area (Å²) in [5, 5.41) is 3.46. The summed E-state index contributed by atoms with van der Waals surface area (Å²) in [4.78, 5) is 0. The molecule has 4 nitrogen and oxygen atoms in total. The molecular weight excluding hydrogens is 284 g/mol. The van der Waals surface area contributed by atoms with Crippen LogP contribution in [0.5, 0.6) is 0 Å². The van der Waals surface area contributed by atoms with E-state index >= 15 is 0 Å². The van der Waals surface area contributed by atoms with Crippen LogP contribution < -0.4 is 10.0 Å². The van der Waals surface area contributed by atoms with Crippen molar-refractivity contribution in [2.45, 2.75) is 19.8 Å². The van der Waals surface area contributed by atoms with Gasteiger partial charge in [-0.05, 0) is 55.2 Å². The van der Waals surface area contributed by atoms with E-state index in [1.54, 1.807) is 0 Å². The Morgan fingerprint density at radius 1 is 1.24 bits per heavy atom. The monoisotopic (exact) mass is 306 g/mol. The zero-order valence-corrected chi connectivity index (χ0v) is 13.3. The van der Waals surface area contributed by atoms with Crippen LogP contribution in [-0.4, -0.2) is 21.2 Å². The first kappa shape index (κ1) is 14.4. The highest BCUT2D eigenvalue weighted by atomic mass is 32.2. The number of benzene rings is 1. The van der Waals surface area contributed by atoms with Gasteiger partial charge in [0.15, 0.2) is 0 Å². The van der Waals surface area contributed by atoms with Crippen molar-refractivity contribution >= 4 is 21.4 Å². The van der Waals surface area contributed by atoms with Gasteiger partial charge in [-0.15, -0.1) is 0 Å². The van der Waals surface area contributed by atoms with Gasteiger partial charge in [-0.25, -0.2) is 8.42 Å². The third-order valence-corrected chi connectivity index (χ3v) is 5.11. The predicted molar refractivity (Wildman–Crippen MR) is 87.0 cm³/mol. The van der Waals surface area contributed by atoms with Gasteiger partial charge in [0, 0.05) is 12.2 Å². The van der Waals surface area contributed by atoms with Crippen molar-refractivity contribution in [2.75, 3.05) is 22.8 Å². The molecule has 0 amide bonds. The SMILES string of the molecule is Cc1ccc(NC[C@@H]2C[C@H]3C=C[C@H]2C3)cc1NS(C)(=O)=O. The fourth-order valence-electron chi connectivity index (χ4n) is 3.42. The molecule has 3 rings (SSSR count). The molecule has 0 spiro atoms. The van der Waals surface area contributed by atoms with Crippen molar-refractivity contribution < 1.29 is 8.42 Å². The lowest BCUT2D eigenvalue weighted by Gasteiger charge is -2.20. The Kier molecular flexibility index (Phi) is 3.69. The molecule has 0 aliphatic heterocycles. The molecule has 5 heteroatoms. The highest BCUT2D eigenvalue weighted by Crippen LogP contribution is 2.43. The van der Waals surface area contributed by atoms with Crippen molar-refractivity contribution in [3.05, 3.63) is 35.9 Å². The molecule has 0 aromatic heterocycles. The first-order valence-electron chi connectivity index (χ1n) is 7.41. The zero-order chi connectivity index (χ0) is 15.0. The van der Waals surface area contributed by atoms with Crippen LogP contribution in [0.25, 0.3) is 0 Å². The molecule has 1 aromatic carbocycles. The maximum Gasteiger partial charge on any atom is 0.229 e. The third kappa shape index (κ3) is 3.40. The number of rotatable bonds is 5. The van der Waals surface area contributed by atoms with Gasteiger partial charge in [0.05, 0.1) is 11.9 Å². The second-order valence-corrected chi connectivity index (χ2v) is 8.07. The van der Waals surface area contributed by atoms with Crippen LogP contribution in [0.4, 0.5) is 11.4 Å². The maximum absolute atomic E-state index is 11.4. The number of fused-ring (bicyclic) bond motifs is 2. The van der Waals surface area contributed by atoms with E-state index in [9.17, 15) is 8.42 Å². The quantitative estimate of drug-likeness (QED) is 0.822. The molecule has 0 saturated heterocycles. The Balaban J connectivity index is 1.66. The summed E-state index contributed by atoms with van der Waals surface area (Å²) in [6.45, 7) is 2.85. The molecule has 114 valence electrons. The minimum atomic E-state index is -3.24. The summed E-state index contributed by atoms with van der Waals surface area (Å²) in [6, 6.07) is 5.82. The normalized spacial score (nSPS) is 27.0. The molecule has 1 saturated carbocycles. The summed E-state index contributed by atoms with van der Waals surface area (Å²) in [6.07, 6.45) is 8.46. The van der Waals surface area contributed by atoms with Crippen molar-refractivity contribution in [2.24, 2.45) is 17.8 Å². The fraction of sp³-hybridized carbons (Fsp3) is 0.500. The molecule has 2 aliphatic rings. The summed E-state index contributed by atoms with van der Waals surface area (Å²) in [7, 11) is -3.24. The Morgan fingerprint density at radius 2 is 2.05 bits per heavy atom. The minimum absolute atomic E-state index is 0.648. The van der Waals surface area contributed by atoms with Crippen LogP contribution in [0.15, 0.2) is 30.4 Å². The van der Waals surface area contributed by atoms with Crippen LogP contribution in [0.2, 0.25) is 0 Å². The smallest absolute Gasteiger partial charge is 0.229 e. The Morgan fingerprint density at radius 3 is 2.67 bits per heavy atom. The van der Waals surface area contributed by atoms with E-state index in [1.165, 1.54) is 19.1 Å². The topological polar surface area (TPSA) is 58.2 Å². The highest BCUT2D eigenvalue weighted by Gasteiger charge is 2.35. The van der Waals surface area contributed by atoms with Crippen LogP contribution in [0.3, 0.4) is 0 Å². The first-order chi connectivity index (χ1) is 9.90. The molecule has 0 radical (unpaired) electrons. The van der Waals surface area contributed by atoms with E-state index in [2.05, 4.69) is 22.2 Å². The van der Waals surface area contributed by atoms with Gasteiger partial charge in [0.25, 0.3) is 0 Å². The lowest BCUT2D eigenvalue weighted by molar-refractivity contribution is 0.472. The zero-order valence-electron chi connectivity index (χ0n) is 12.5. The number of hydrogen-bond acceptors (Lipinski definition) is 3. The lowest BCUT2D eigenvalue weighted by atomic mass is 9.93. The minimum Gasteiger partial charge on any atom is -0.385 e. The van der Waals surface area contributed by atoms with Crippen LogP contribution in [-0.2, 0) is 10.0 Å². The van der Waals surface area contributed by atoms with Gasteiger partial charge in [-0.3, -0.25) is 4.72 Å². The molecule has 1 aromatic rings. The average molecular weight is 306 g/mol. The van der Waals surface area contributed by atoms with Gasteiger partial charge in [0.2, 0.25) is 10.0 Å². The molecule has 21 heavy (non-hydrogen) atoms. The predicted octanol–water partition coefficient (Wildman–Crippen LogP) is 2.99. The van der Waals surface area contributed by atoms with Crippen molar-refractivity contribution in [1.29, 1.82) is 0 Å². The standard InChI is InChI=1S/C16H22N2O2S/c1-11-3-6-15(9-16(11)18-21(2,19)20)17-10-14-8-12-4-5-13(14)7-12/h3-6,9,12-14,17-18H,7-8,10H2,1-2H3/t12-,13-,14-/m0/s1. The van der Waals surface area contributed by atoms with Crippen molar-refractivity contribution in [3.8, 4) is 0 Å². The van der Waals surface area contributed by atoms with Gasteiger partial charge in [-0.2, -0.15) is 0 Å². The van der Waals surface area contributed by atoms with E-state index in [1.807, 2.05) is 25.1 Å². The summed E-state index contributed by atoms with van der Waals surface area (Å²) >= 11 is 0. The van der Waals surface area contributed by atoms with Crippen molar-refractivity contribution in [1.82, 2.24) is 0 Å². The third-order valence-electron chi connectivity index (χ3n) is 4.52. The number of allylic oxidation sites excluding steroid dienone is 2. The van der Waals surface area contributed by atoms with Gasteiger partial charge < -0.3 is 5.32 Å². The molecule has 2 aliphatic carbocycles. The summed E-state index contributed by atoms with van der Waals surface area (Å²) in [5.41, 5.74) is 2.54. The number of anilines is 2. The number of hydrogen-bond donors (Lipinski definition) is 2. The van der Waals surface area contributed by atoms with Crippen molar-refractivity contribution in [3.63, 3.8) is 0 Å². The number of sulfonamides is 1.